The first-order valence-electron chi connectivity index (χ1n) is 15.7. The second-order valence-electron chi connectivity index (χ2n) is 13.0. The Bertz CT molecular complexity index is 1470. The Balaban J connectivity index is 1.19. The summed E-state index contributed by atoms with van der Waals surface area (Å²) in [4.78, 5) is 50.8. The molecule has 2 N–H and O–H groups in total. The molecule has 1 aliphatic heterocycles. The highest BCUT2D eigenvalue weighted by Gasteiger charge is 2.25. The molecule has 2 aromatic heterocycles. The van der Waals surface area contributed by atoms with Crippen molar-refractivity contribution >= 4 is 34.6 Å². The fraction of sp³-hybridized carbons (Fsp3) is 0.500. The Hall–Kier alpha value is -4.21. The molecule has 2 fully saturated rings. The lowest BCUT2D eigenvalue weighted by molar-refractivity contribution is -0.129. The number of nitrogens with zero attached hydrogens (tertiary/aromatic N) is 4. The number of rotatable bonds is 7. The monoisotopic (exact) mass is 600 g/mol. The number of nitrogens with one attached hydrogen (secondary N) is 2. The van der Waals surface area contributed by atoms with E-state index in [-0.39, 0.29) is 23.4 Å². The maximum absolute atomic E-state index is 13.5. The van der Waals surface area contributed by atoms with Gasteiger partial charge in [0.05, 0.1) is 23.4 Å². The number of amides is 3. The van der Waals surface area contributed by atoms with E-state index < -0.39 is 0 Å². The minimum Gasteiger partial charge on any atom is -0.449 e. The second-order valence-corrected chi connectivity index (χ2v) is 13.0. The topological polar surface area (TPSA) is 117 Å². The maximum Gasteiger partial charge on any atom is 0.407 e. The highest BCUT2D eigenvalue weighted by Crippen LogP contribution is 2.30. The van der Waals surface area contributed by atoms with Crippen LogP contribution in [-0.2, 0) is 9.53 Å². The summed E-state index contributed by atoms with van der Waals surface area (Å²) in [5.41, 5.74) is 2.58. The first-order valence-corrected chi connectivity index (χ1v) is 15.7. The lowest BCUT2D eigenvalue weighted by Crippen LogP contribution is -2.48. The number of alkyl carbamates (subject to hydrolysis) is 1. The van der Waals surface area contributed by atoms with Gasteiger partial charge >= 0.3 is 6.09 Å². The first-order chi connectivity index (χ1) is 21.1. The number of carbonyl (C=O) groups excluding carboxylic acids is 3. The van der Waals surface area contributed by atoms with Crippen molar-refractivity contribution in [3.8, 4) is 11.3 Å². The second kappa shape index (κ2) is 13.6. The number of fused-ring (bicyclic) bond motifs is 1. The van der Waals surface area contributed by atoms with Crippen LogP contribution in [0.2, 0.25) is 0 Å². The van der Waals surface area contributed by atoms with Gasteiger partial charge in [0.2, 0.25) is 5.91 Å². The Morgan fingerprint density at radius 3 is 2.32 bits per heavy atom. The molecule has 0 radical (unpaired) electrons. The highest BCUT2D eigenvalue weighted by atomic mass is 16.5. The number of ether oxygens (including phenoxy) is 1. The molecule has 3 amide bonds. The van der Waals surface area contributed by atoms with E-state index in [0.717, 1.165) is 61.1 Å². The lowest BCUT2D eigenvalue weighted by atomic mass is 9.82. The predicted octanol–water partition coefficient (Wildman–Crippen LogP) is 5.03. The van der Waals surface area contributed by atoms with Crippen LogP contribution in [0.25, 0.3) is 22.2 Å². The van der Waals surface area contributed by atoms with Crippen LogP contribution in [-0.4, -0.2) is 77.6 Å². The van der Waals surface area contributed by atoms with Crippen molar-refractivity contribution in [1.82, 2.24) is 25.5 Å². The zero-order valence-electron chi connectivity index (χ0n) is 26.3. The molecule has 2 aliphatic rings. The summed E-state index contributed by atoms with van der Waals surface area (Å²) < 4.78 is 5.44. The van der Waals surface area contributed by atoms with Crippen LogP contribution < -0.4 is 15.5 Å². The number of aromatic nitrogens is 2. The van der Waals surface area contributed by atoms with Crippen LogP contribution in [0.4, 0.5) is 10.6 Å². The summed E-state index contributed by atoms with van der Waals surface area (Å²) in [6, 6.07) is 13.5. The van der Waals surface area contributed by atoms with Gasteiger partial charge in [0, 0.05) is 62.3 Å². The van der Waals surface area contributed by atoms with Crippen molar-refractivity contribution in [2.45, 2.75) is 58.9 Å². The third-order valence-electron chi connectivity index (χ3n) is 8.50. The van der Waals surface area contributed by atoms with Crippen molar-refractivity contribution in [2.24, 2.45) is 11.8 Å². The Morgan fingerprint density at radius 1 is 0.955 bits per heavy atom. The Labute approximate surface area is 259 Å². The predicted molar refractivity (Wildman–Crippen MR) is 171 cm³/mol. The summed E-state index contributed by atoms with van der Waals surface area (Å²) in [7, 11) is 0. The molecule has 3 aromatic rings. The quantitative estimate of drug-likeness (QED) is 0.391. The SMILES string of the molecule is CC(=O)N1CCN(c2ccc(-c3cc(C(=O)NCC4CCC(COC(=O)NC(C)(C)C)CC4)c4ccccc4n3)cn2)CC1. The Kier molecular flexibility index (Phi) is 9.66. The number of piperazine rings is 1. The number of anilines is 1. The molecule has 1 aromatic carbocycles. The van der Waals surface area contributed by atoms with E-state index in [1.165, 1.54) is 0 Å². The van der Waals surface area contributed by atoms with E-state index >= 15 is 0 Å². The van der Waals surface area contributed by atoms with E-state index in [0.29, 0.717) is 49.3 Å². The van der Waals surface area contributed by atoms with Gasteiger partial charge in [0.1, 0.15) is 5.82 Å². The molecule has 0 spiro atoms. The van der Waals surface area contributed by atoms with Gasteiger partial charge in [-0.2, -0.15) is 0 Å². The standard InChI is InChI=1S/C34H44N6O4/c1-23(41)39-15-17-40(18-16-39)31-14-13-26(21-35-31)30-19-28(27-7-5-6-8-29(27)37-30)32(42)36-20-24-9-11-25(12-10-24)22-44-33(43)38-34(2,3)4/h5-8,13-14,19,21,24-25H,9-12,15-18,20,22H2,1-4H3,(H,36,42)(H,38,43). The van der Waals surface area contributed by atoms with Gasteiger partial charge in [-0.25, -0.2) is 14.8 Å². The normalized spacial score (nSPS) is 19.0. The summed E-state index contributed by atoms with van der Waals surface area (Å²) in [6.07, 6.45) is 5.35. The van der Waals surface area contributed by atoms with Crippen LogP contribution in [0.5, 0.6) is 0 Å². The molecule has 44 heavy (non-hydrogen) atoms. The molecule has 1 saturated heterocycles. The summed E-state index contributed by atoms with van der Waals surface area (Å²) in [6.45, 7) is 11.3. The van der Waals surface area contributed by atoms with Crippen molar-refractivity contribution in [3.05, 3.63) is 54.2 Å². The number of benzene rings is 1. The average Bonchev–Trinajstić information content (AvgIpc) is 3.02. The molecule has 0 atom stereocenters. The largest absolute Gasteiger partial charge is 0.449 e. The minimum absolute atomic E-state index is 0.104. The van der Waals surface area contributed by atoms with Crippen molar-refractivity contribution in [3.63, 3.8) is 0 Å². The lowest BCUT2D eigenvalue weighted by Gasteiger charge is -2.34. The summed E-state index contributed by atoms with van der Waals surface area (Å²) >= 11 is 0. The molecule has 5 rings (SSSR count). The molecule has 0 unspecified atom stereocenters. The molecule has 1 aliphatic carbocycles. The van der Waals surface area contributed by atoms with E-state index in [4.69, 9.17) is 14.7 Å². The van der Waals surface area contributed by atoms with Gasteiger partial charge < -0.3 is 25.2 Å². The molecule has 10 heteroatoms. The zero-order valence-corrected chi connectivity index (χ0v) is 26.3. The van der Waals surface area contributed by atoms with Gasteiger partial charge in [-0.1, -0.05) is 18.2 Å². The van der Waals surface area contributed by atoms with Gasteiger partial charge in [-0.05, 0) is 82.6 Å². The number of hydrogen-bond acceptors (Lipinski definition) is 7. The van der Waals surface area contributed by atoms with Gasteiger partial charge in [0.15, 0.2) is 0 Å². The molecule has 10 nitrogen and oxygen atoms in total. The number of hydrogen-bond donors (Lipinski definition) is 2. The number of carbonyl (C=O) groups is 3. The number of para-hydroxylation sites is 1. The molecule has 234 valence electrons. The van der Waals surface area contributed by atoms with E-state index in [1.807, 2.05) is 68.1 Å². The van der Waals surface area contributed by atoms with E-state index in [1.54, 1.807) is 13.1 Å². The zero-order chi connectivity index (χ0) is 31.3. The highest BCUT2D eigenvalue weighted by molar-refractivity contribution is 6.07. The van der Waals surface area contributed by atoms with Crippen molar-refractivity contribution in [2.75, 3.05) is 44.2 Å². The minimum atomic E-state index is -0.369. The van der Waals surface area contributed by atoms with Crippen LogP contribution in [0, 0.1) is 11.8 Å². The van der Waals surface area contributed by atoms with Crippen LogP contribution >= 0.6 is 0 Å². The van der Waals surface area contributed by atoms with E-state index in [9.17, 15) is 14.4 Å². The third kappa shape index (κ3) is 8.03. The molecule has 3 heterocycles. The Morgan fingerprint density at radius 2 is 1.66 bits per heavy atom. The van der Waals surface area contributed by atoms with Crippen LogP contribution in [0.3, 0.4) is 0 Å². The third-order valence-corrected chi connectivity index (χ3v) is 8.50. The smallest absolute Gasteiger partial charge is 0.407 e. The van der Waals surface area contributed by atoms with Gasteiger partial charge in [0.25, 0.3) is 5.91 Å². The fourth-order valence-corrected chi connectivity index (χ4v) is 5.96. The van der Waals surface area contributed by atoms with Gasteiger partial charge in [-0.3, -0.25) is 9.59 Å². The van der Waals surface area contributed by atoms with Gasteiger partial charge in [-0.15, -0.1) is 0 Å². The first kappa shape index (κ1) is 31.2. The maximum atomic E-state index is 13.5. The van der Waals surface area contributed by atoms with Crippen LogP contribution in [0.15, 0.2) is 48.7 Å². The van der Waals surface area contributed by atoms with Crippen molar-refractivity contribution < 1.29 is 19.1 Å². The fourth-order valence-electron chi connectivity index (χ4n) is 5.96. The summed E-state index contributed by atoms with van der Waals surface area (Å²) in [5, 5.41) is 6.83. The van der Waals surface area contributed by atoms with E-state index in [2.05, 4.69) is 15.5 Å². The van der Waals surface area contributed by atoms with Crippen molar-refractivity contribution in [1.29, 1.82) is 0 Å². The van der Waals surface area contributed by atoms with Crippen LogP contribution in [0.1, 0.15) is 63.7 Å². The number of pyridine rings is 2. The average molecular weight is 601 g/mol. The summed E-state index contributed by atoms with van der Waals surface area (Å²) in [5.74, 6) is 1.60. The molecular formula is C34H44N6O4. The molecule has 1 saturated carbocycles. The molecule has 0 bridgehead atoms. The molecular weight excluding hydrogens is 556 g/mol.